The van der Waals surface area contributed by atoms with Crippen LogP contribution < -0.4 is 4.90 Å². The molecule has 0 amide bonds. The smallest absolute Gasteiger partial charge is 0.227 e. The van der Waals surface area contributed by atoms with Crippen molar-refractivity contribution in [2.24, 2.45) is 0 Å². The molecule has 0 saturated heterocycles. The van der Waals surface area contributed by atoms with Crippen molar-refractivity contribution in [1.29, 1.82) is 0 Å². The first-order valence-corrected chi connectivity index (χ1v) is 16.9. The highest BCUT2D eigenvalue weighted by Crippen LogP contribution is 2.39. The van der Waals surface area contributed by atoms with Crippen LogP contribution in [0.25, 0.3) is 66.7 Å². The molecule has 0 radical (unpaired) electrons. The van der Waals surface area contributed by atoms with Crippen molar-refractivity contribution < 1.29 is 4.42 Å². The first kappa shape index (κ1) is 29.4. The van der Waals surface area contributed by atoms with E-state index in [9.17, 15) is 0 Å². The summed E-state index contributed by atoms with van der Waals surface area (Å²) in [6, 6.07) is 68.2. The average Bonchev–Trinajstić information content (AvgIpc) is 3.64. The van der Waals surface area contributed by atoms with Crippen molar-refractivity contribution in [2.45, 2.75) is 0 Å². The summed E-state index contributed by atoms with van der Waals surface area (Å²) in [6.07, 6.45) is 0. The Morgan fingerprint density at radius 1 is 0.360 bits per heavy atom. The maximum Gasteiger partial charge on any atom is 0.227 e. The first-order valence-electron chi connectivity index (χ1n) is 16.9. The van der Waals surface area contributed by atoms with Crippen LogP contribution in [0.4, 0.5) is 17.1 Å². The van der Waals surface area contributed by atoms with Crippen molar-refractivity contribution in [3.8, 4) is 44.8 Å². The number of rotatable bonds is 7. The second kappa shape index (κ2) is 12.7. The van der Waals surface area contributed by atoms with E-state index in [-0.39, 0.29) is 0 Å². The van der Waals surface area contributed by atoms with Gasteiger partial charge in [-0.2, -0.15) is 0 Å². The van der Waals surface area contributed by atoms with E-state index in [1.165, 1.54) is 33.0 Å². The molecule has 236 valence electrons. The average molecular weight is 641 g/mol. The SMILES string of the molecule is c1ccc(-c2nc3cccc(-c4cccc(N(c5ccccc5)c5ccc(-c6ccc(-c7ccc8ccccc8c7)cc6)cc5)c4)c3o2)cc1. The van der Waals surface area contributed by atoms with E-state index < -0.39 is 0 Å². The zero-order valence-corrected chi connectivity index (χ0v) is 27.3. The number of para-hydroxylation sites is 2. The third kappa shape index (κ3) is 5.61. The number of aromatic nitrogens is 1. The van der Waals surface area contributed by atoms with E-state index in [4.69, 9.17) is 9.40 Å². The summed E-state index contributed by atoms with van der Waals surface area (Å²) in [5.41, 5.74) is 12.7. The largest absolute Gasteiger partial charge is 0.435 e. The number of benzene rings is 8. The van der Waals surface area contributed by atoms with Crippen LogP contribution in [0, 0.1) is 0 Å². The molecule has 0 bridgehead atoms. The van der Waals surface area contributed by atoms with Crippen LogP contribution in [0.5, 0.6) is 0 Å². The second-order valence-corrected chi connectivity index (χ2v) is 12.4. The third-order valence-electron chi connectivity index (χ3n) is 9.29. The summed E-state index contributed by atoms with van der Waals surface area (Å²) in [5, 5.41) is 2.51. The molecule has 3 heteroatoms. The van der Waals surface area contributed by atoms with E-state index in [0.29, 0.717) is 5.89 Å². The van der Waals surface area contributed by atoms with Crippen molar-refractivity contribution in [3.05, 3.63) is 194 Å². The zero-order valence-electron chi connectivity index (χ0n) is 27.3. The Kier molecular flexibility index (Phi) is 7.49. The first-order chi connectivity index (χ1) is 24.8. The Morgan fingerprint density at radius 2 is 0.920 bits per heavy atom. The molecule has 0 saturated carbocycles. The fraction of sp³-hybridized carbons (Fsp3) is 0. The summed E-state index contributed by atoms with van der Waals surface area (Å²) in [5.74, 6) is 0.624. The van der Waals surface area contributed by atoms with E-state index in [0.717, 1.165) is 44.9 Å². The van der Waals surface area contributed by atoms with Gasteiger partial charge in [0, 0.05) is 28.2 Å². The summed E-state index contributed by atoms with van der Waals surface area (Å²) in [4.78, 5) is 7.11. The summed E-state index contributed by atoms with van der Waals surface area (Å²) < 4.78 is 6.39. The number of fused-ring (bicyclic) bond motifs is 2. The summed E-state index contributed by atoms with van der Waals surface area (Å²) in [7, 11) is 0. The van der Waals surface area contributed by atoms with Crippen LogP contribution in [-0.4, -0.2) is 4.98 Å². The fourth-order valence-corrected chi connectivity index (χ4v) is 6.74. The molecule has 0 N–H and O–H groups in total. The van der Waals surface area contributed by atoms with Gasteiger partial charge in [-0.25, -0.2) is 4.98 Å². The number of hydrogen-bond acceptors (Lipinski definition) is 3. The quantitative estimate of drug-likeness (QED) is 0.174. The molecular formula is C47H32N2O. The Labute approximate surface area is 291 Å². The van der Waals surface area contributed by atoms with Gasteiger partial charge in [0.1, 0.15) is 5.52 Å². The highest BCUT2D eigenvalue weighted by molar-refractivity contribution is 5.93. The minimum atomic E-state index is 0.624. The molecule has 0 atom stereocenters. The Balaban J connectivity index is 1.04. The molecule has 1 heterocycles. The van der Waals surface area contributed by atoms with Crippen LogP contribution in [0.2, 0.25) is 0 Å². The molecule has 0 spiro atoms. The molecule has 8 aromatic carbocycles. The minimum absolute atomic E-state index is 0.624. The minimum Gasteiger partial charge on any atom is -0.435 e. The lowest BCUT2D eigenvalue weighted by atomic mass is 9.98. The molecule has 0 aliphatic rings. The highest BCUT2D eigenvalue weighted by Gasteiger charge is 2.17. The van der Waals surface area contributed by atoms with Crippen molar-refractivity contribution in [1.82, 2.24) is 4.98 Å². The van der Waals surface area contributed by atoms with Crippen LogP contribution in [0.1, 0.15) is 0 Å². The predicted molar refractivity (Wildman–Crippen MR) is 208 cm³/mol. The van der Waals surface area contributed by atoms with Gasteiger partial charge in [-0.05, 0) is 99.3 Å². The van der Waals surface area contributed by atoms with Crippen LogP contribution in [0.15, 0.2) is 199 Å². The Bertz CT molecular complexity index is 2570. The monoisotopic (exact) mass is 640 g/mol. The standard InChI is InChI=1S/C47H32N2O/c1-3-12-37(13-4-1)47-48-45-20-10-19-44(46(45)50-47)40-15-9-18-43(32-40)49(41-16-5-2-6-17-41)42-29-27-35(28-30-42)34-21-23-36(24-22-34)39-26-25-33-11-7-8-14-38(33)31-39/h1-32H. The highest BCUT2D eigenvalue weighted by atomic mass is 16.3. The molecular weight excluding hydrogens is 609 g/mol. The zero-order chi connectivity index (χ0) is 33.3. The van der Waals surface area contributed by atoms with Crippen LogP contribution in [0.3, 0.4) is 0 Å². The van der Waals surface area contributed by atoms with E-state index >= 15 is 0 Å². The number of hydrogen-bond donors (Lipinski definition) is 0. The van der Waals surface area contributed by atoms with Gasteiger partial charge in [0.2, 0.25) is 5.89 Å². The molecule has 9 aromatic rings. The van der Waals surface area contributed by atoms with Gasteiger partial charge in [0.05, 0.1) is 0 Å². The Morgan fingerprint density at radius 3 is 1.68 bits per heavy atom. The van der Waals surface area contributed by atoms with Gasteiger partial charge in [-0.3, -0.25) is 0 Å². The number of anilines is 3. The molecule has 3 nitrogen and oxygen atoms in total. The molecule has 50 heavy (non-hydrogen) atoms. The Hall–Kier alpha value is -6.71. The maximum atomic E-state index is 6.39. The van der Waals surface area contributed by atoms with Gasteiger partial charge in [-0.1, -0.05) is 133 Å². The summed E-state index contributed by atoms with van der Waals surface area (Å²) >= 11 is 0. The van der Waals surface area contributed by atoms with Gasteiger partial charge < -0.3 is 9.32 Å². The molecule has 1 aromatic heterocycles. The topological polar surface area (TPSA) is 29.3 Å². The second-order valence-electron chi connectivity index (χ2n) is 12.4. The van der Waals surface area contributed by atoms with Crippen molar-refractivity contribution >= 4 is 38.9 Å². The summed E-state index contributed by atoms with van der Waals surface area (Å²) in [6.45, 7) is 0. The molecule has 0 aliphatic heterocycles. The van der Waals surface area contributed by atoms with Gasteiger partial charge >= 0.3 is 0 Å². The normalized spacial score (nSPS) is 11.2. The van der Waals surface area contributed by atoms with E-state index in [2.05, 4.69) is 157 Å². The lowest BCUT2D eigenvalue weighted by Crippen LogP contribution is -2.09. The van der Waals surface area contributed by atoms with E-state index in [1.807, 2.05) is 42.5 Å². The third-order valence-corrected chi connectivity index (χ3v) is 9.29. The molecule has 0 fully saturated rings. The lowest BCUT2D eigenvalue weighted by Gasteiger charge is -2.26. The maximum absolute atomic E-state index is 6.39. The molecule has 0 unspecified atom stereocenters. The van der Waals surface area contributed by atoms with Crippen molar-refractivity contribution in [2.75, 3.05) is 4.90 Å². The van der Waals surface area contributed by atoms with Crippen LogP contribution >= 0.6 is 0 Å². The van der Waals surface area contributed by atoms with E-state index in [1.54, 1.807) is 0 Å². The molecule has 9 rings (SSSR count). The van der Waals surface area contributed by atoms with Gasteiger partial charge in [0.15, 0.2) is 5.58 Å². The molecule has 0 aliphatic carbocycles. The van der Waals surface area contributed by atoms with Crippen LogP contribution in [-0.2, 0) is 0 Å². The van der Waals surface area contributed by atoms with Gasteiger partial charge in [0.25, 0.3) is 0 Å². The predicted octanol–water partition coefficient (Wildman–Crippen LogP) is 13.1. The fourth-order valence-electron chi connectivity index (χ4n) is 6.74. The van der Waals surface area contributed by atoms with Gasteiger partial charge in [-0.15, -0.1) is 0 Å². The number of oxazole rings is 1. The van der Waals surface area contributed by atoms with Crippen molar-refractivity contribution in [3.63, 3.8) is 0 Å². The number of nitrogens with zero attached hydrogens (tertiary/aromatic N) is 2. The lowest BCUT2D eigenvalue weighted by molar-refractivity contribution is 0.621.